The third-order valence-electron chi connectivity index (χ3n) is 2.07. The number of hydrogen-bond acceptors (Lipinski definition) is 4. The van der Waals surface area contributed by atoms with Gasteiger partial charge in [0.2, 0.25) is 5.75 Å². The van der Waals surface area contributed by atoms with E-state index in [2.05, 4.69) is 30.7 Å². The van der Waals surface area contributed by atoms with E-state index in [4.69, 9.17) is 4.74 Å². The zero-order valence-corrected chi connectivity index (χ0v) is 10.5. The van der Waals surface area contributed by atoms with Crippen molar-refractivity contribution in [3.8, 4) is 5.75 Å². The fraction of sp³-hybridized carbons (Fsp3) is 0.636. The number of ether oxygens (including phenoxy) is 1. The monoisotopic (exact) mass is 225 g/mol. The summed E-state index contributed by atoms with van der Waals surface area (Å²) in [5.74, 6) is 0.829. The summed E-state index contributed by atoms with van der Waals surface area (Å²) in [6, 6.07) is 0. The molecule has 16 heavy (non-hydrogen) atoms. The van der Waals surface area contributed by atoms with Crippen LogP contribution in [0.4, 0.5) is 5.82 Å². The van der Waals surface area contributed by atoms with Gasteiger partial charge in [0.25, 0.3) is 5.56 Å². The maximum Gasteiger partial charge on any atom is 0.295 e. The molecular formula is C11H19N3O2. The van der Waals surface area contributed by atoms with Crippen molar-refractivity contribution in [2.45, 2.75) is 20.8 Å². The molecule has 1 aromatic heterocycles. The molecule has 0 atom stereocenters. The summed E-state index contributed by atoms with van der Waals surface area (Å²) in [6.07, 6.45) is 1.39. The largest absolute Gasteiger partial charge is 0.489 e. The van der Waals surface area contributed by atoms with E-state index >= 15 is 0 Å². The first-order valence-electron chi connectivity index (χ1n) is 5.18. The molecular weight excluding hydrogens is 206 g/mol. The molecule has 0 amide bonds. The van der Waals surface area contributed by atoms with Crippen LogP contribution >= 0.6 is 0 Å². The molecule has 0 unspecified atom stereocenters. The van der Waals surface area contributed by atoms with Gasteiger partial charge in [-0.15, -0.1) is 0 Å². The van der Waals surface area contributed by atoms with Crippen molar-refractivity contribution in [1.29, 1.82) is 0 Å². The topological polar surface area (TPSA) is 58.2 Å². The van der Waals surface area contributed by atoms with E-state index in [0.717, 1.165) is 6.54 Å². The van der Waals surface area contributed by atoms with E-state index in [0.29, 0.717) is 5.82 Å². The fourth-order valence-electron chi connectivity index (χ4n) is 1.62. The Balaban J connectivity index is 3.04. The molecule has 0 saturated heterocycles. The summed E-state index contributed by atoms with van der Waals surface area (Å²) >= 11 is 0. The van der Waals surface area contributed by atoms with Gasteiger partial charge in [0.1, 0.15) is 0 Å². The number of rotatable bonds is 3. The molecule has 1 aromatic rings. The molecule has 1 rings (SSSR count). The minimum absolute atomic E-state index is 0.129. The Morgan fingerprint density at radius 3 is 2.62 bits per heavy atom. The van der Waals surface area contributed by atoms with Crippen LogP contribution in [0.3, 0.4) is 0 Å². The maximum atomic E-state index is 11.5. The second-order valence-corrected chi connectivity index (χ2v) is 5.01. The van der Waals surface area contributed by atoms with Gasteiger partial charge in [0.05, 0.1) is 13.4 Å². The van der Waals surface area contributed by atoms with Crippen molar-refractivity contribution in [1.82, 2.24) is 9.97 Å². The summed E-state index contributed by atoms with van der Waals surface area (Å²) in [4.78, 5) is 20.0. The number of aromatic amines is 1. The van der Waals surface area contributed by atoms with Gasteiger partial charge in [-0.05, 0) is 5.41 Å². The van der Waals surface area contributed by atoms with Gasteiger partial charge in [-0.3, -0.25) is 4.79 Å². The standard InChI is InChI=1S/C11H19N3O2/c1-11(2,3)6-14(4)9-8(16-5)10(15)13-7-12-9/h7H,6H2,1-5H3,(H,12,13,15). The molecule has 0 aliphatic rings. The summed E-state index contributed by atoms with van der Waals surface area (Å²) in [5.41, 5.74) is -0.127. The lowest BCUT2D eigenvalue weighted by atomic mass is 9.96. The lowest BCUT2D eigenvalue weighted by Gasteiger charge is -2.27. The van der Waals surface area contributed by atoms with Gasteiger partial charge >= 0.3 is 0 Å². The highest BCUT2D eigenvalue weighted by atomic mass is 16.5. The van der Waals surface area contributed by atoms with Crippen LogP contribution in [-0.2, 0) is 0 Å². The van der Waals surface area contributed by atoms with Crippen LogP contribution in [0.25, 0.3) is 0 Å². The number of H-pyrrole nitrogens is 1. The quantitative estimate of drug-likeness (QED) is 0.841. The normalized spacial score (nSPS) is 11.3. The van der Waals surface area contributed by atoms with Crippen LogP contribution in [0.15, 0.2) is 11.1 Å². The highest BCUT2D eigenvalue weighted by Crippen LogP contribution is 2.23. The Morgan fingerprint density at radius 2 is 2.12 bits per heavy atom. The number of aromatic nitrogens is 2. The fourth-order valence-corrected chi connectivity index (χ4v) is 1.62. The molecule has 0 aromatic carbocycles. The predicted octanol–water partition coefficient (Wildman–Crippen LogP) is 1.26. The predicted molar refractivity (Wildman–Crippen MR) is 64.1 cm³/mol. The van der Waals surface area contributed by atoms with Crippen molar-refractivity contribution in [2.24, 2.45) is 5.41 Å². The summed E-state index contributed by atoms with van der Waals surface area (Å²) in [5, 5.41) is 0. The molecule has 0 aliphatic heterocycles. The minimum atomic E-state index is -0.256. The average molecular weight is 225 g/mol. The van der Waals surface area contributed by atoms with Crippen LogP contribution in [0.2, 0.25) is 0 Å². The smallest absolute Gasteiger partial charge is 0.295 e. The molecule has 1 heterocycles. The molecule has 5 nitrogen and oxygen atoms in total. The van der Waals surface area contributed by atoms with Crippen molar-refractivity contribution in [3.63, 3.8) is 0 Å². The lowest BCUT2D eigenvalue weighted by Crippen LogP contribution is -2.31. The average Bonchev–Trinajstić information content (AvgIpc) is 2.14. The Hall–Kier alpha value is -1.52. The number of nitrogens with zero attached hydrogens (tertiary/aromatic N) is 2. The van der Waals surface area contributed by atoms with E-state index < -0.39 is 0 Å². The third kappa shape index (κ3) is 2.98. The Bertz CT molecular complexity index is 406. The molecule has 5 heteroatoms. The van der Waals surface area contributed by atoms with Crippen molar-refractivity contribution >= 4 is 5.82 Å². The first-order chi connectivity index (χ1) is 7.35. The zero-order chi connectivity index (χ0) is 12.3. The van der Waals surface area contributed by atoms with Gasteiger partial charge in [0, 0.05) is 13.6 Å². The second kappa shape index (κ2) is 4.55. The lowest BCUT2D eigenvalue weighted by molar-refractivity contribution is 0.394. The Labute approximate surface area is 95.5 Å². The van der Waals surface area contributed by atoms with E-state index in [9.17, 15) is 4.79 Å². The summed E-state index contributed by atoms with van der Waals surface area (Å²) in [7, 11) is 3.37. The van der Waals surface area contributed by atoms with E-state index in [-0.39, 0.29) is 16.7 Å². The second-order valence-electron chi connectivity index (χ2n) is 5.01. The van der Waals surface area contributed by atoms with Gasteiger partial charge in [-0.25, -0.2) is 4.98 Å². The van der Waals surface area contributed by atoms with Gasteiger partial charge in [-0.2, -0.15) is 0 Å². The third-order valence-corrected chi connectivity index (χ3v) is 2.07. The van der Waals surface area contributed by atoms with E-state index in [1.54, 1.807) is 0 Å². The van der Waals surface area contributed by atoms with E-state index in [1.807, 2.05) is 11.9 Å². The van der Waals surface area contributed by atoms with Crippen LogP contribution < -0.4 is 15.2 Å². The van der Waals surface area contributed by atoms with Crippen molar-refractivity contribution in [2.75, 3.05) is 25.6 Å². The molecule has 0 spiro atoms. The van der Waals surface area contributed by atoms with Gasteiger partial charge < -0.3 is 14.6 Å². The highest BCUT2D eigenvalue weighted by molar-refractivity contribution is 5.50. The Kier molecular flexibility index (Phi) is 3.57. The Morgan fingerprint density at radius 1 is 1.50 bits per heavy atom. The molecule has 0 fully saturated rings. The molecule has 0 aliphatic carbocycles. The maximum absolute atomic E-state index is 11.5. The summed E-state index contributed by atoms with van der Waals surface area (Å²) < 4.78 is 5.06. The number of hydrogen-bond donors (Lipinski definition) is 1. The number of methoxy groups -OCH3 is 1. The van der Waals surface area contributed by atoms with Crippen molar-refractivity contribution in [3.05, 3.63) is 16.7 Å². The first-order valence-corrected chi connectivity index (χ1v) is 5.18. The molecule has 0 radical (unpaired) electrons. The van der Waals surface area contributed by atoms with Gasteiger partial charge in [0.15, 0.2) is 5.82 Å². The van der Waals surface area contributed by atoms with Crippen molar-refractivity contribution < 1.29 is 4.74 Å². The SMILES string of the molecule is COc1c(N(C)CC(C)(C)C)nc[nH]c1=O. The van der Waals surface area contributed by atoms with E-state index in [1.165, 1.54) is 13.4 Å². The highest BCUT2D eigenvalue weighted by Gasteiger charge is 2.18. The number of nitrogens with one attached hydrogen (secondary N) is 1. The first kappa shape index (κ1) is 12.5. The molecule has 90 valence electrons. The zero-order valence-electron chi connectivity index (χ0n) is 10.5. The molecule has 0 bridgehead atoms. The van der Waals surface area contributed by atoms with Gasteiger partial charge in [-0.1, -0.05) is 20.8 Å². The van der Waals surface area contributed by atoms with Crippen LogP contribution in [-0.4, -0.2) is 30.7 Å². The van der Waals surface area contributed by atoms with Crippen LogP contribution in [0.1, 0.15) is 20.8 Å². The van der Waals surface area contributed by atoms with Crippen LogP contribution in [0.5, 0.6) is 5.75 Å². The minimum Gasteiger partial charge on any atom is -0.489 e. The molecule has 1 N–H and O–H groups in total. The van der Waals surface area contributed by atoms with Crippen LogP contribution in [0, 0.1) is 5.41 Å². The molecule has 0 saturated carbocycles. The number of anilines is 1. The summed E-state index contributed by atoms with van der Waals surface area (Å²) in [6.45, 7) is 7.18.